The van der Waals surface area contributed by atoms with Crippen molar-refractivity contribution in [1.29, 1.82) is 0 Å². The number of halogens is 2. The number of hydrogen-bond acceptors (Lipinski definition) is 6. The highest BCUT2D eigenvalue weighted by Gasteiger charge is 2.45. The van der Waals surface area contributed by atoms with Crippen molar-refractivity contribution in [3.8, 4) is 0 Å². The summed E-state index contributed by atoms with van der Waals surface area (Å²) in [4.78, 5) is 37.8. The van der Waals surface area contributed by atoms with Crippen LogP contribution in [0.15, 0.2) is 17.0 Å². The van der Waals surface area contributed by atoms with E-state index in [2.05, 4.69) is 0 Å². The van der Waals surface area contributed by atoms with Gasteiger partial charge in [0.05, 0.1) is 14.9 Å². The summed E-state index contributed by atoms with van der Waals surface area (Å²) in [6.07, 6.45) is 2.16. The highest BCUT2D eigenvalue weighted by atomic mass is 35.5. The molecule has 1 fully saturated rings. The fourth-order valence-electron chi connectivity index (χ4n) is 2.48. The average molecular weight is 435 g/mol. The highest BCUT2D eigenvalue weighted by molar-refractivity contribution is 7.90. The number of ether oxygens (including phenoxy) is 1. The van der Waals surface area contributed by atoms with Gasteiger partial charge in [0.25, 0.3) is 0 Å². The maximum atomic E-state index is 13.0. The van der Waals surface area contributed by atoms with E-state index in [0.717, 1.165) is 18.4 Å². The van der Waals surface area contributed by atoms with Crippen LogP contribution in [0.25, 0.3) is 0 Å². The molecule has 0 spiro atoms. The van der Waals surface area contributed by atoms with E-state index in [4.69, 9.17) is 27.9 Å². The number of carbonyl (C=O) groups is 3. The highest BCUT2D eigenvalue weighted by Crippen LogP contribution is 2.37. The van der Waals surface area contributed by atoms with Gasteiger partial charge < -0.3 is 4.74 Å². The Balaban J connectivity index is 2.48. The summed E-state index contributed by atoms with van der Waals surface area (Å²) >= 11 is 12.1. The van der Waals surface area contributed by atoms with Crippen LogP contribution in [-0.2, 0) is 24.2 Å². The van der Waals surface area contributed by atoms with E-state index in [1.165, 1.54) is 0 Å². The Hall–Kier alpha value is -1.44. The lowest BCUT2D eigenvalue weighted by Crippen LogP contribution is -2.38. The predicted octanol–water partition coefficient (Wildman–Crippen LogP) is 3.52. The summed E-state index contributed by atoms with van der Waals surface area (Å²) < 4.78 is 28.7. The van der Waals surface area contributed by atoms with Crippen LogP contribution in [0, 0.1) is 11.8 Å². The van der Waals surface area contributed by atoms with Gasteiger partial charge in [0, 0.05) is 17.7 Å². The number of carbonyl (C=O) groups excluding carboxylic acids is 3. The van der Waals surface area contributed by atoms with E-state index >= 15 is 0 Å². The molecular formula is C18H20Cl2O6S. The Labute approximate surface area is 168 Å². The van der Waals surface area contributed by atoms with Crippen molar-refractivity contribution in [1.82, 2.24) is 0 Å². The third-order valence-electron chi connectivity index (χ3n) is 3.88. The van der Waals surface area contributed by atoms with Gasteiger partial charge >= 0.3 is 5.97 Å². The van der Waals surface area contributed by atoms with Gasteiger partial charge in [-0.2, -0.15) is 0 Å². The third kappa shape index (κ3) is 5.09. The maximum Gasteiger partial charge on any atom is 0.325 e. The molecule has 1 aliphatic rings. The molecule has 1 unspecified atom stereocenters. The number of hydrogen-bond donors (Lipinski definition) is 0. The minimum atomic E-state index is -3.67. The average Bonchev–Trinajstić information content (AvgIpc) is 3.31. The molecule has 2 rings (SSSR count). The second-order valence-corrected chi connectivity index (χ2v) is 10.3. The SMILES string of the molecule is CC(C)(C)OC(=O)C(C(=O)c1ccc(S(C)(=O)=O)c(Cl)c1Cl)C(=O)C1CC1. The fourth-order valence-corrected chi connectivity index (χ4v) is 4.12. The van der Waals surface area contributed by atoms with Gasteiger partial charge in [-0.3, -0.25) is 14.4 Å². The number of ketones is 2. The molecule has 1 aromatic rings. The lowest BCUT2D eigenvalue weighted by atomic mass is 9.91. The first kappa shape index (κ1) is 21.9. The summed E-state index contributed by atoms with van der Waals surface area (Å²) in [6.45, 7) is 4.87. The normalized spacial score (nSPS) is 15.9. The lowest BCUT2D eigenvalue weighted by Gasteiger charge is -2.23. The quantitative estimate of drug-likeness (QED) is 0.386. The summed E-state index contributed by atoms with van der Waals surface area (Å²) in [5.41, 5.74) is -1.08. The maximum absolute atomic E-state index is 13.0. The molecule has 0 aromatic heterocycles. The molecule has 1 saturated carbocycles. The smallest absolute Gasteiger partial charge is 0.325 e. The molecule has 148 valence electrons. The van der Waals surface area contributed by atoms with E-state index in [1.54, 1.807) is 20.8 Å². The lowest BCUT2D eigenvalue weighted by molar-refractivity contribution is -0.160. The summed E-state index contributed by atoms with van der Waals surface area (Å²) in [5, 5.41) is -0.645. The van der Waals surface area contributed by atoms with Crippen molar-refractivity contribution in [2.45, 2.75) is 44.1 Å². The molecule has 1 aliphatic carbocycles. The first-order valence-corrected chi connectivity index (χ1v) is 10.9. The number of benzene rings is 1. The third-order valence-corrected chi connectivity index (χ3v) is 6.01. The van der Waals surface area contributed by atoms with Crippen LogP contribution in [0.3, 0.4) is 0 Å². The Morgan fingerprint density at radius 1 is 1.11 bits per heavy atom. The number of Topliss-reactive ketones (excluding diaryl/α,β-unsaturated/α-hetero) is 2. The Morgan fingerprint density at radius 3 is 2.11 bits per heavy atom. The molecule has 27 heavy (non-hydrogen) atoms. The van der Waals surface area contributed by atoms with Crippen molar-refractivity contribution < 1.29 is 27.5 Å². The molecule has 9 heteroatoms. The van der Waals surface area contributed by atoms with E-state index in [1.807, 2.05) is 0 Å². The van der Waals surface area contributed by atoms with Crippen LogP contribution in [-0.4, -0.2) is 37.8 Å². The summed E-state index contributed by atoms with van der Waals surface area (Å²) in [5.74, 6) is -4.35. The van der Waals surface area contributed by atoms with E-state index in [-0.39, 0.29) is 26.4 Å². The number of esters is 1. The summed E-state index contributed by atoms with van der Waals surface area (Å²) in [6, 6.07) is 2.29. The van der Waals surface area contributed by atoms with Gasteiger partial charge in [-0.1, -0.05) is 23.2 Å². The largest absolute Gasteiger partial charge is 0.459 e. The molecule has 6 nitrogen and oxygen atoms in total. The molecule has 0 aliphatic heterocycles. The minimum absolute atomic E-state index is 0.195. The van der Waals surface area contributed by atoms with Crippen molar-refractivity contribution in [3.63, 3.8) is 0 Å². The van der Waals surface area contributed by atoms with Gasteiger partial charge in [0.1, 0.15) is 5.60 Å². The van der Waals surface area contributed by atoms with Crippen LogP contribution in [0.2, 0.25) is 10.0 Å². The van der Waals surface area contributed by atoms with Gasteiger partial charge in [0.2, 0.25) is 0 Å². The van der Waals surface area contributed by atoms with Crippen molar-refractivity contribution in [2.24, 2.45) is 11.8 Å². The Kier molecular flexibility index (Phi) is 6.09. The molecule has 0 radical (unpaired) electrons. The fraction of sp³-hybridized carbons (Fsp3) is 0.500. The Bertz CT molecular complexity index is 911. The zero-order chi connectivity index (χ0) is 20.7. The minimum Gasteiger partial charge on any atom is -0.459 e. The summed E-state index contributed by atoms with van der Waals surface area (Å²) in [7, 11) is -3.67. The van der Waals surface area contributed by atoms with Gasteiger partial charge in [-0.05, 0) is 45.7 Å². The van der Waals surface area contributed by atoms with Crippen LogP contribution < -0.4 is 0 Å². The molecule has 0 heterocycles. The molecule has 0 amide bonds. The number of sulfone groups is 1. The van der Waals surface area contributed by atoms with E-state index in [9.17, 15) is 22.8 Å². The van der Waals surface area contributed by atoms with Crippen LogP contribution in [0.4, 0.5) is 0 Å². The molecule has 1 aromatic carbocycles. The van der Waals surface area contributed by atoms with Crippen molar-refractivity contribution >= 4 is 50.6 Å². The second-order valence-electron chi connectivity index (χ2n) is 7.52. The predicted molar refractivity (Wildman–Crippen MR) is 101 cm³/mol. The topological polar surface area (TPSA) is 94.6 Å². The zero-order valence-electron chi connectivity index (χ0n) is 15.3. The molecule has 0 bridgehead atoms. The van der Waals surface area contributed by atoms with E-state index in [0.29, 0.717) is 12.8 Å². The first-order chi connectivity index (χ1) is 12.2. The van der Waals surface area contributed by atoms with Crippen LogP contribution in [0.5, 0.6) is 0 Å². The Morgan fingerprint density at radius 2 is 1.67 bits per heavy atom. The second kappa shape index (κ2) is 7.53. The molecule has 0 N–H and O–H groups in total. The van der Waals surface area contributed by atoms with Crippen LogP contribution >= 0.6 is 23.2 Å². The van der Waals surface area contributed by atoms with E-state index < -0.39 is 38.9 Å². The monoisotopic (exact) mass is 434 g/mol. The van der Waals surface area contributed by atoms with Crippen molar-refractivity contribution in [3.05, 3.63) is 27.7 Å². The zero-order valence-corrected chi connectivity index (χ0v) is 17.7. The first-order valence-electron chi connectivity index (χ1n) is 8.23. The van der Waals surface area contributed by atoms with Gasteiger partial charge in [-0.15, -0.1) is 0 Å². The van der Waals surface area contributed by atoms with Crippen LogP contribution in [0.1, 0.15) is 44.0 Å². The standard InChI is InChI=1S/C18H20Cl2O6S/c1-18(2,3)26-17(23)12(15(21)9-5-6-9)16(22)10-7-8-11(27(4,24)25)14(20)13(10)19/h7-9,12H,5-6H2,1-4H3. The molecular weight excluding hydrogens is 415 g/mol. The van der Waals surface area contributed by atoms with Crippen molar-refractivity contribution in [2.75, 3.05) is 6.26 Å². The molecule has 0 saturated heterocycles. The number of rotatable bonds is 6. The molecule has 1 atom stereocenters. The van der Waals surface area contributed by atoms with Gasteiger partial charge in [0.15, 0.2) is 27.3 Å². The van der Waals surface area contributed by atoms with Gasteiger partial charge in [-0.25, -0.2) is 8.42 Å².